The molecule has 7 heteroatoms. The van der Waals surface area contributed by atoms with E-state index in [1.165, 1.54) is 16.8 Å². The number of aromatic nitrogens is 2. The third-order valence-electron chi connectivity index (χ3n) is 2.95. The molecular weight excluding hydrogens is 281 g/mol. The average Bonchev–Trinajstić information content (AvgIpc) is 2.53. The standard InChI is InChI=1S/C13H16FN3O2S/c1-8-5-11(14)6-9(2)13(8)20(18,19)16-12-7-17(4)15-10(12)3/h5-7,16H,1-4H3. The van der Waals surface area contributed by atoms with Gasteiger partial charge in [-0.05, 0) is 44.0 Å². The summed E-state index contributed by atoms with van der Waals surface area (Å²) in [6, 6.07) is 2.41. The SMILES string of the molecule is Cc1cc(F)cc(C)c1S(=O)(=O)Nc1cn(C)nc1C. The van der Waals surface area contributed by atoms with Crippen LogP contribution in [0.5, 0.6) is 0 Å². The molecule has 0 aliphatic heterocycles. The molecule has 0 aliphatic carbocycles. The Balaban J connectivity index is 2.49. The molecule has 0 atom stereocenters. The van der Waals surface area contributed by atoms with E-state index in [1.807, 2.05) is 0 Å². The maximum atomic E-state index is 13.3. The van der Waals surface area contributed by atoms with Crippen LogP contribution in [0.3, 0.4) is 0 Å². The highest BCUT2D eigenvalue weighted by molar-refractivity contribution is 7.92. The molecule has 0 bridgehead atoms. The lowest BCUT2D eigenvalue weighted by molar-refractivity contribution is 0.597. The molecule has 0 amide bonds. The smallest absolute Gasteiger partial charge is 0.262 e. The van der Waals surface area contributed by atoms with Gasteiger partial charge in [0.05, 0.1) is 16.3 Å². The first kappa shape index (κ1) is 14.5. The molecular formula is C13H16FN3O2S. The van der Waals surface area contributed by atoms with Crippen molar-refractivity contribution in [2.45, 2.75) is 25.7 Å². The van der Waals surface area contributed by atoms with Crippen LogP contribution >= 0.6 is 0 Å². The van der Waals surface area contributed by atoms with Gasteiger partial charge in [-0.2, -0.15) is 5.10 Å². The number of sulfonamides is 1. The molecule has 108 valence electrons. The summed E-state index contributed by atoms with van der Waals surface area (Å²) in [5, 5.41) is 4.08. The van der Waals surface area contributed by atoms with Crippen LogP contribution in [0.15, 0.2) is 23.2 Å². The summed E-state index contributed by atoms with van der Waals surface area (Å²) in [6.45, 7) is 4.85. The fourth-order valence-electron chi connectivity index (χ4n) is 2.22. The van der Waals surface area contributed by atoms with Crippen molar-refractivity contribution in [2.24, 2.45) is 7.05 Å². The number of nitrogens with zero attached hydrogens (tertiary/aromatic N) is 2. The highest BCUT2D eigenvalue weighted by Gasteiger charge is 2.22. The first-order valence-corrected chi connectivity index (χ1v) is 7.49. The Bertz CT molecular complexity index is 743. The van der Waals surface area contributed by atoms with Gasteiger partial charge in [-0.1, -0.05) is 0 Å². The minimum atomic E-state index is -3.77. The number of hydrogen-bond acceptors (Lipinski definition) is 3. The zero-order valence-corrected chi connectivity index (χ0v) is 12.5. The van der Waals surface area contributed by atoms with Crippen molar-refractivity contribution < 1.29 is 12.8 Å². The molecule has 1 aromatic carbocycles. The van der Waals surface area contributed by atoms with Gasteiger partial charge < -0.3 is 0 Å². The molecule has 0 radical (unpaired) electrons. The zero-order valence-electron chi connectivity index (χ0n) is 11.7. The van der Waals surface area contributed by atoms with Crippen LogP contribution in [0, 0.1) is 26.6 Å². The van der Waals surface area contributed by atoms with Crippen molar-refractivity contribution in [3.8, 4) is 0 Å². The molecule has 0 saturated heterocycles. The number of rotatable bonds is 3. The molecule has 2 rings (SSSR count). The summed E-state index contributed by atoms with van der Waals surface area (Å²) in [5.41, 5.74) is 1.73. The van der Waals surface area contributed by atoms with Crippen LogP contribution in [0.4, 0.5) is 10.1 Å². The fraction of sp³-hybridized carbons (Fsp3) is 0.308. The monoisotopic (exact) mass is 297 g/mol. The van der Waals surface area contributed by atoms with Gasteiger partial charge in [0.15, 0.2) is 0 Å². The quantitative estimate of drug-likeness (QED) is 0.945. The molecule has 1 heterocycles. The van der Waals surface area contributed by atoms with Gasteiger partial charge in [0.1, 0.15) is 5.82 Å². The normalized spacial score (nSPS) is 11.7. The second kappa shape index (κ2) is 4.90. The van der Waals surface area contributed by atoms with Crippen LogP contribution < -0.4 is 4.72 Å². The summed E-state index contributed by atoms with van der Waals surface area (Å²) in [7, 11) is -2.06. The lowest BCUT2D eigenvalue weighted by Crippen LogP contribution is -2.16. The van der Waals surface area contributed by atoms with Gasteiger partial charge in [-0.25, -0.2) is 12.8 Å². The van der Waals surface area contributed by atoms with E-state index >= 15 is 0 Å². The summed E-state index contributed by atoms with van der Waals surface area (Å²) >= 11 is 0. The lowest BCUT2D eigenvalue weighted by atomic mass is 10.1. The van der Waals surface area contributed by atoms with Crippen molar-refractivity contribution in [2.75, 3.05) is 4.72 Å². The summed E-state index contributed by atoms with van der Waals surface area (Å²) < 4.78 is 42.2. The van der Waals surface area contributed by atoms with Crippen molar-refractivity contribution in [1.82, 2.24) is 9.78 Å². The number of benzene rings is 1. The van der Waals surface area contributed by atoms with E-state index in [-0.39, 0.29) is 4.90 Å². The second-order valence-corrected chi connectivity index (χ2v) is 6.40. The highest BCUT2D eigenvalue weighted by Crippen LogP contribution is 2.24. The maximum absolute atomic E-state index is 13.3. The summed E-state index contributed by atoms with van der Waals surface area (Å²) in [4.78, 5) is 0.0992. The Morgan fingerprint density at radius 2 is 1.75 bits per heavy atom. The van der Waals surface area contributed by atoms with E-state index in [4.69, 9.17) is 0 Å². The summed E-state index contributed by atoms with van der Waals surface area (Å²) in [6.07, 6.45) is 1.58. The molecule has 20 heavy (non-hydrogen) atoms. The minimum absolute atomic E-state index is 0.0992. The van der Waals surface area contributed by atoms with Gasteiger partial charge in [0.25, 0.3) is 10.0 Å². The fourth-order valence-corrected chi connectivity index (χ4v) is 3.77. The molecule has 1 N–H and O–H groups in total. The average molecular weight is 297 g/mol. The largest absolute Gasteiger partial charge is 0.276 e. The van der Waals surface area contributed by atoms with Gasteiger partial charge in [-0.3, -0.25) is 9.40 Å². The van der Waals surface area contributed by atoms with Gasteiger partial charge in [0.2, 0.25) is 0 Å². The Hall–Kier alpha value is -1.89. The molecule has 0 saturated carbocycles. The third-order valence-corrected chi connectivity index (χ3v) is 4.62. The number of halogens is 1. The zero-order chi connectivity index (χ0) is 15.1. The number of hydrogen-bond donors (Lipinski definition) is 1. The van der Waals surface area contributed by atoms with E-state index in [2.05, 4.69) is 9.82 Å². The predicted octanol–water partition coefficient (Wildman–Crippen LogP) is 2.29. The van der Waals surface area contributed by atoms with Crippen LogP contribution in [0.25, 0.3) is 0 Å². The van der Waals surface area contributed by atoms with Crippen LogP contribution in [0.1, 0.15) is 16.8 Å². The topological polar surface area (TPSA) is 64.0 Å². The Kier molecular flexibility index (Phi) is 3.56. The third kappa shape index (κ3) is 2.67. The van der Waals surface area contributed by atoms with E-state index in [1.54, 1.807) is 34.0 Å². The van der Waals surface area contributed by atoms with Crippen LogP contribution in [-0.2, 0) is 17.1 Å². The first-order valence-electron chi connectivity index (χ1n) is 6.00. The van der Waals surface area contributed by atoms with Crippen LogP contribution in [-0.4, -0.2) is 18.2 Å². The van der Waals surface area contributed by atoms with Crippen molar-refractivity contribution in [3.63, 3.8) is 0 Å². The Morgan fingerprint density at radius 3 is 2.20 bits per heavy atom. The minimum Gasteiger partial charge on any atom is -0.276 e. The predicted molar refractivity (Wildman–Crippen MR) is 74.6 cm³/mol. The molecule has 0 aliphatic rings. The lowest BCUT2D eigenvalue weighted by Gasteiger charge is -2.12. The first-order chi connectivity index (χ1) is 9.20. The molecule has 1 aromatic heterocycles. The highest BCUT2D eigenvalue weighted by atomic mass is 32.2. The number of anilines is 1. The molecule has 2 aromatic rings. The molecule has 0 unspecified atom stereocenters. The number of aryl methyl sites for hydroxylation is 4. The van der Waals surface area contributed by atoms with Gasteiger partial charge >= 0.3 is 0 Å². The van der Waals surface area contributed by atoms with E-state index < -0.39 is 15.8 Å². The van der Waals surface area contributed by atoms with E-state index in [0.29, 0.717) is 22.5 Å². The van der Waals surface area contributed by atoms with Crippen LogP contribution in [0.2, 0.25) is 0 Å². The van der Waals surface area contributed by atoms with Gasteiger partial charge in [0, 0.05) is 13.2 Å². The second-order valence-electron chi connectivity index (χ2n) is 4.78. The van der Waals surface area contributed by atoms with Crippen molar-refractivity contribution in [1.29, 1.82) is 0 Å². The van der Waals surface area contributed by atoms with E-state index in [0.717, 1.165) is 0 Å². The maximum Gasteiger partial charge on any atom is 0.262 e. The van der Waals surface area contributed by atoms with Crippen molar-refractivity contribution >= 4 is 15.7 Å². The molecule has 0 fully saturated rings. The van der Waals surface area contributed by atoms with Gasteiger partial charge in [-0.15, -0.1) is 0 Å². The Labute approximate surface area is 117 Å². The summed E-state index contributed by atoms with van der Waals surface area (Å²) in [5.74, 6) is -0.448. The molecule has 0 spiro atoms. The number of nitrogens with one attached hydrogen (secondary N) is 1. The van der Waals surface area contributed by atoms with Crippen molar-refractivity contribution in [3.05, 3.63) is 41.0 Å². The van der Waals surface area contributed by atoms with E-state index in [9.17, 15) is 12.8 Å². The molecule has 5 nitrogen and oxygen atoms in total. The Morgan fingerprint density at radius 1 is 1.20 bits per heavy atom.